The van der Waals surface area contributed by atoms with Gasteiger partial charge in [0.1, 0.15) is 0 Å². The highest BCUT2D eigenvalue weighted by molar-refractivity contribution is 6.42. The Balaban J connectivity index is 2.59. The lowest BCUT2D eigenvalue weighted by Crippen LogP contribution is -2.23. The topological polar surface area (TPSA) is 29.9 Å². The number of nitrogens with one attached hydrogen (secondary N) is 1. The monoisotopic (exact) mass is 311 g/mol. The number of aryl methyl sites for hydroxylation is 2. The van der Waals surface area contributed by atoms with Gasteiger partial charge in [-0.05, 0) is 32.0 Å². The van der Waals surface area contributed by atoms with E-state index in [9.17, 15) is 0 Å². The molecule has 1 N–H and O–H groups in total. The zero-order valence-corrected chi connectivity index (χ0v) is 13.7. The van der Waals surface area contributed by atoms with Crippen LogP contribution in [-0.2, 0) is 7.05 Å². The SMILES string of the molecule is CCNC(c1cccc(Cl)c1Cl)c1c(C)nn(C)c1C. The second-order valence-corrected chi connectivity index (χ2v) is 5.63. The van der Waals surface area contributed by atoms with E-state index in [4.69, 9.17) is 23.2 Å². The highest BCUT2D eigenvalue weighted by Crippen LogP contribution is 2.35. The summed E-state index contributed by atoms with van der Waals surface area (Å²) in [6.07, 6.45) is 0. The van der Waals surface area contributed by atoms with Crippen molar-refractivity contribution in [1.82, 2.24) is 15.1 Å². The molecule has 2 aromatic rings. The van der Waals surface area contributed by atoms with Crippen LogP contribution in [0.1, 0.15) is 35.5 Å². The molecule has 0 saturated heterocycles. The Hall–Kier alpha value is -1.03. The molecule has 2 rings (SSSR count). The zero-order valence-electron chi connectivity index (χ0n) is 12.2. The van der Waals surface area contributed by atoms with E-state index in [0.717, 1.165) is 23.5 Å². The van der Waals surface area contributed by atoms with Gasteiger partial charge in [-0.25, -0.2) is 0 Å². The van der Waals surface area contributed by atoms with Crippen LogP contribution in [0.5, 0.6) is 0 Å². The summed E-state index contributed by atoms with van der Waals surface area (Å²) in [5, 5.41) is 9.15. The summed E-state index contributed by atoms with van der Waals surface area (Å²) in [5.41, 5.74) is 4.29. The fourth-order valence-electron chi connectivity index (χ4n) is 2.52. The number of rotatable bonds is 4. The third-order valence-corrected chi connectivity index (χ3v) is 4.39. The van der Waals surface area contributed by atoms with Crippen LogP contribution in [0.25, 0.3) is 0 Å². The lowest BCUT2D eigenvalue weighted by molar-refractivity contribution is 0.623. The van der Waals surface area contributed by atoms with Gasteiger partial charge in [-0.15, -0.1) is 0 Å². The fourth-order valence-corrected chi connectivity index (χ4v) is 2.94. The Morgan fingerprint density at radius 3 is 2.55 bits per heavy atom. The Kier molecular flexibility index (Phi) is 4.74. The van der Waals surface area contributed by atoms with Gasteiger partial charge in [0.05, 0.1) is 21.8 Å². The lowest BCUT2D eigenvalue weighted by atomic mass is 9.97. The predicted octanol–water partition coefficient (Wildman–Crippen LogP) is 4.04. The first-order valence-corrected chi connectivity index (χ1v) is 7.40. The van der Waals surface area contributed by atoms with Crippen LogP contribution in [0.4, 0.5) is 0 Å². The molecular weight excluding hydrogens is 293 g/mol. The normalized spacial score (nSPS) is 12.7. The Bertz CT molecular complexity index is 620. The number of halogens is 2. The first kappa shape index (κ1) is 15.4. The minimum Gasteiger partial charge on any atom is -0.306 e. The Morgan fingerprint density at radius 2 is 2.00 bits per heavy atom. The number of hydrogen-bond acceptors (Lipinski definition) is 2. The van der Waals surface area contributed by atoms with Gasteiger partial charge in [-0.1, -0.05) is 42.3 Å². The molecule has 0 spiro atoms. The van der Waals surface area contributed by atoms with Gasteiger partial charge in [0.25, 0.3) is 0 Å². The lowest BCUT2D eigenvalue weighted by Gasteiger charge is -2.21. The molecule has 0 aliphatic heterocycles. The average Bonchev–Trinajstić information content (AvgIpc) is 2.65. The molecule has 108 valence electrons. The molecule has 1 unspecified atom stereocenters. The molecule has 0 amide bonds. The quantitative estimate of drug-likeness (QED) is 0.923. The molecule has 0 aliphatic rings. The summed E-state index contributed by atoms with van der Waals surface area (Å²) in [6, 6.07) is 5.74. The van der Waals surface area contributed by atoms with Crippen LogP contribution >= 0.6 is 23.2 Å². The van der Waals surface area contributed by atoms with E-state index in [-0.39, 0.29) is 6.04 Å². The Labute approximate surface area is 129 Å². The van der Waals surface area contributed by atoms with E-state index in [1.807, 2.05) is 30.8 Å². The van der Waals surface area contributed by atoms with Gasteiger partial charge in [-0.2, -0.15) is 5.10 Å². The van der Waals surface area contributed by atoms with Crippen molar-refractivity contribution in [1.29, 1.82) is 0 Å². The maximum absolute atomic E-state index is 6.39. The summed E-state index contributed by atoms with van der Waals surface area (Å²) in [5.74, 6) is 0. The van der Waals surface area contributed by atoms with Crippen molar-refractivity contribution < 1.29 is 0 Å². The van der Waals surface area contributed by atoms with Crippen LogP contribution in [0.3, 0.4) is 0 Å². The van der Waals surface area contributed by atoms with Crippen LogP contribution in [0, 0.1) is 13.8 Å². The highest BCUT2D eigenvalue weighted by atomic mass is 35.5. The van der Waals surface area contributed by atoms with Crippen molar-refractivity contribution in [2.24, 2.45) is 7.05 Å². The Morgan fingerprint density at radius 1 is 1.30 bits per heavy atom. The number of nitrogens with zero attached hydrogens (tertiary/aromatic N) is 2. The summed E-state index contributed by atoms with van der Waals surface area (Å²) < 4.78 is 1.90. The van der Waals surface area contributed by atoms with E-state index < -0.39 is 0 Å². The van der Waals surface area contributed by atoms with Crippen molar-refractivity contribution in [3.63, 3.8) is 0 Å². The van der Waals surface area contributed by atoms with Gasteiger partial charge in [-0.3, -0.25) is 4.68 Å². The summed E-state index contributed by atoms with van der Waals surface area (Å²) in [7, 11) is 1.95. The third-order valence-electron chi connectivity index (χ3n) is 3.55. The molecule has 0 radical (unpaired) electrons. The second-order valence-electron chi connectivity index (χ2n) is 4.84. The molecule has 1 aromatic carbocycles. The molecule has 1 atom stereocenters. The van der Waals surface area contributed by atoms with Gasteiger partial charge in [0, 0.05) is 18.3 Å². The van der Waals surface area contributed by atoms with E-state index >= 15 is 0 Å². The number of hydrogen-bond donors (Lipinski definition) is 1. The van der Waals surface area contributed by atoms with Gasteiger partial charge >= 0.3 is 0 Å². The molecular formula is C15H19Cl2N3. The first-order chi connectivity index (χ1) is 9.47. The van der Waals surface area contributed by atoms with Crippen LogP contribution in [0.2, 0.25) is 10.0 Å². The van der Waals surface area contributed by atoms with E-state index in [1.54, 1.807) is 6.07 Å². The van der Waals surface area contributed by atoms with E-state index in [1.165, 1.54) is 5.56 Å². The van der Waals surface area contributed by atoms with E-state index in [2.05, 4.69) is 24.3 Å². The largest absolute Gasteiger partial charge is 0.306 e. The molecule has 0 saturated carbocycles. The van der Waals surface area contributed by atoms with Crippen molar-refractivity contribution >= 4 is 23.2 Å². The first-order valence-electron chi connectivity index (χ1n) is 6.64. The van der Waals surface area contributed by atoms with Crippen molar-refractivity contribution in [3.05, 3.63) is 50.8 Å². The smallest absolute Gasteiger partial charge is 0.0647 e. The molecule has 0 fully saturated rings. The predicted molar refractivity (Wildman–Crippen MR) is 84.7 cm³/mol. The minimum absolute atomic E-state index is 0.0000926. The maximum atomic E-state index is 6.39. The summed E-state index contributed by atoms with van der Waals surface area (Å²) in [6.45, 7) is 7.00. The van der Waals surface area contributed by atoms with E-state index in [0.29, 0.717) is 10.0 Å². The van der Waals surface area contributed by atoms with Gasteiger partial charge in [0.15, 0.2) is 0 Å². The standard InChI is InChI=1S/C15H19Cl2N3/c1-5-18-15(11-7-6-8-12(16)14(11)17)13-9(2)19-20(4)10(13)3/h6-8,15,18H,5H2,1-4H3. The third kappa shape index (κ3) is 2.71. The second kappa shape index (κ2) is 6.17. The summed E-state index contributed by atoms with van der Waals surface area (Å²) in [4.78, 5) is 0. The number of benzene rings is 1. The van der Waals surface area contributed by atoms with Crippen molar-refractivity contribution in [3.8, 4) is 0 Å². The fraction of sp³-hybridized carbons (Fsp3) is 0.400. The number of aromatic nitrogens is 2. The minimum atomic E-state index is -0.0000926. The van der Waals surface area contributed by atoms with Crippen LogP contribution in [0.15, 0.2) is 18.2 Å². The molecule has 0 aliphatic carbocycles. The van der Waals surface area contributed by atoms with Crippen LogP contribution in [-0.4, -0.2) is 16.3 Å². The molecule has 3 nitrogen and oxygen atoms in total. The maximum Gasteiger partial charge on any atom is 0.0647 e. The molecule has 0 bridgehead atoms. The molecule has 5 heteroatoms. The van der Waals surface area contributed by atoms with Gasteiger partial charge in [0.2, 0.25) is 0 Å². The molecule has 20 heavy (non-hydrogen) atoms. The zero-order chi connectivity index (χ0) is 14.9. The van der Waals surface area contributed by atoms with Crippen LogP contribution < -0.4 is 5.32 Å². The van der Waals surface area contributed by atoms with Crippen molar-refractivity contribution in [2.45, 2.75) is 26.8 Å². The summed E-state index contributed by atoms with van der Waals surface area (Å²) >= 11 is 12.5. The molecule has 1 heterocycles. The average molecular weight is 312 g/mol. The molecule has 1 aromatic heterocycles. The van der Waals surface area contributed by atoms with Crippen molar-refractivity contribution in [2.75, 3.05) is 6.54 Å². The highest BCUT2D eigenvalue weighted by Gasteiger charge is 2.23. The van der Waals surface area contributed by atoms with Gasteiger partial charge < -0.3 is 5.32 Å².